The second-order valence-electron chi connectivity index (χ2n) is 6.25. The molecule has 0 unspecified atom stereocenters. The van der Waals surface area contributed by atoms with Gasteiger partial charge in [0, 0.05) is 6.07 Å². The lowest BCUT2D eigenvalue weighted by Gasteiger charge is -2.15. The highest BCUT2D eigenvalue weighted by Crippen LogP contribution is 2.36. The third-order valence-electron chi connectivity index (χ3n) is 3.80. The van der Waals surface area contributed by atoms with Gasteiger partial charge in [0.1, 0.15) is 40.0 Å². The summed E-state index contributed by atoms with van der Waals surface area (Å²) in [6.45, 7) is 5.16. The number of halogens is 1. The topological polar surface area (TPSA) is 93.6 Å². The Morgan fingerprint density at radius 2 is 2.14 bits per heavy atom. The van der Waals surface area contributed by atoms with Gasteiger partial charge >= 0.3 is 5.97 Å². The van der Waals surface area contributed by atoms with Crippen LogP contribution in [0, 0.1) is 12.7 Å². The number of nitrogens with zero attached hydrogens (tertiary/aromatic N) is 2. The minimum atomic E-state index is -0.522. The zero-order chi connectivity index (χ0) is 20.3. The van der Waals surface area contributed by atoms with Gasteiger partial charge in [-0.3, -0.25) is 0 Å². The largest absolute Gasteiger partial charge is 0.489 e. The van der Waals surface area contributed by atoms with Crippen LogP contribution >= 0.6 is 11.3 Å². The molecule has 0 atom stereocenters. The highest BCUT2D eigenvalue weighted by molar-refractivity contribution is 7.20. The van der Waals surface area contributed by atoms with E-state index in [0.717, 1.165) is 0 Å². The van der Waals surface area contributed by atoms with E-state index in [-0.39, 0.29) is 19.3 Å². The quantitative estimate of drug-likeness (QED) is 0.577. The van der Waals surface area contributed by atoms with Gasteiger partial charge in [0.25, 0.3) is 0 Å². The summed E-state index contributed by atoms with van der Waals surface area (Å²) < 4.78 is 24.3. The molecule has 2 N–H and O–H groups in total. The predicted molar refractivity (Wildman–Crippen MR) is 105 cm³/mol. The molecule has 0 aliphatic rings. The average Bonchev–Trinajstić information content (AvgIpc) is 2.99. The first-order valence-electron chi connectivity index (χ1n) is 8.66. The zero-order valence-electron chi connectivity index (χ0n) is 15.7. The minimum absolute atomic E-state index is 0.0746. The van der Waals surface area contributed by atoms with E-state index in [2.05, 4.69) is 15.3 Å². The molecule has 1 aromatic carbocycles. The highest BCUT2D eigenvalue weighted by Gasteiger charge is 2.21. The van der Waals surface area contributed by atoms with Gasteiger partial charge in [-0.2, -0.15) is 0 Å². The van der Waals surface area contributed by atoms with E-state index in [9.17, 15) is 9.18 Å². The first-order chi connectivity index (χ1) is 13.4. The maximum absolute atomic E-state index is 13.6. The van der Waals surface area contributed by atoms with Crippen molar-refractivity contribution < 1.29 is 23.8 Å². The molecular formula is C19H20FN3O4S. The molecule has 2 aromatic heterocycles. The number of esters is 1. The van der Waals surface area contributed by atoms with Crippen LogP contribution in [-0.2, 0) is 4.74 Å². The van der Waals surface area contributed by atoms with Crippen molar-refractivity contribution >= 4 is 39.0 Å². The van der Waals surface area contributed by atoms with Crippen LogP contribution in [0.4, 0.5) is 15.9 Å². The first-order valence-corrected chi connectivity index (χ1v) is 9.47. The third kappa shape index (κ3) is 4.20. The van der Waals surface area contributed by atoms with Crippen molar-refractivity contribution in [2.75, 3.05) is 18.5 Å². The number of aliphatic hydroxyl groups is 1. The number of fused-ring (bicyclic) bond motifs is 1. The van der Waals surface area contributed by atoms with Gasteiger partial charge in [-0.1, -0.05) is 0 Å². The molecule has 148 valence electrons. The van der Waals surface area contributed by atoms with Crippen LogP contribution in [0.1, 0.15) is 29.1 Å². The molecule has 7 nitrogen and oxygen atoms in total. The van der Waals surface area contributed by atoms with Crippen LogP contribution in [0.2, 0.25) is 0 Å². The van der Waals surface area contributed by atoms with Crippen LogP contribution in [0.25, 0.3) is 10.2 Å². The lowest BCUT2D eigenvalue weighted by atomic mass is 10.2. The number of thiophene rings is 1. The number of ether oxygens (including phenoxy) is 2. The van der Waals surface area contributed by atoms with Crippen molar-refractivity contribution in [3.8, 4) is 5.75 Å². The lowest BCUT2D eigenvalue weighted by Crippen LogP contribution is -2.08. The predicted octanol–water partition coefficient (Wildman–Crippen LogP) is 3.82. The number of aryl methyl sites for hydroxylation is 1. The number of carbonyl (C=O) groups is 1. The van der Waals surface area contributed by atoms with Crippen molar-refractivity contribution in [1.29, 1.82) is 0 Å². The Bertz CT molecular complexity index is 1010. The summed E-state index contributed by atoms with van der Waals surface area (Å²) in [7, 11) is 0. The molecule has 9 heteroatoms. The number of benzene rings is 1. The Morgan fingerprint density at radius 3 is 2.86 bits per heavy atom. The molecule has 0 saturated heterocycles. The van der Waals surface area contributed by atoms with Crippen molar-refractivity contribution in [2.45, 2.75) is 26.9 Å². The average molecular weight is 405 g/mol. The van der Waals surface area contributed by atoms with Gasteiger partial charge in [0.2, 0.25) is 0 Å². The second kappa shape index (κ2) is 8.49. The van der Waals surface area contributed by atoms with Gasteiger partial charge in [-0.05, 0) is 38.5 Å². The van der Waals surface area contributed by atoms with Crippen molar-refractivity contribution in [2.24, 2.45) is 0 Å². The van der Waals surface area contributed by atoms with Crippen LogP contribution < -0.4 is 10.1 Å². The summed E-state index contributed by atoms with van der Waals surface area (Å²) in [6, 6.07) is 4.20. The van der Waals surface area contributed by atoms with Gasteiger partial charge in [0.15, 0.2) is 0 Å². The fourth-order valence-corrected chi connectivity index (χ4v) is 3.69. The second-order valence-corrected chi connectivity index (χ2v) is 7.25. The molecule has 0 spiro atoms. The van der Waals surface area contributed by atoms with E-state index in [4.69, 9.17) is 14.6 Å². The number of hydrogen-bond donors (Lipinski definition) is 2. The van der Waals surface area contributed by atoms with Crippen LogP contribution in [0.5, 0.6) is 5.75 Å². The first kappa shape index (κ1) is 20.0. The minimum Gasteiger partial charge on any atom is -0.489 e. The number of aliphatic hydroxyl groups excluding tert-OH is 1. The molecule has 3 rings (SSSR count). The Hall–Kier alpha value is -2.78. The fourth-order valence-electron chi connectivity index (χ4n) is 2.64. The maximum atomic E-state index is 13.6. The van der Waals surface area contributed by atoms with E-state index in [0.29, 0.717) is 37.9 Å². The van der Waals surface area contributed by atoms with Gasteiger partial charge in [0.05, 0.1) is 23.8 Å². The third-order valence-corrected chi connectivity index (χ3v) is 4.98. The molecule has 0 saturated carbocycles. The lowest BCUT2D eigenvalue weighted by molar-refractivity contribution is 0.0438. The summed E-state index contributed by atoms with van der Waals surface area (Å²) in [5.74, 6) is -0.0989. The number of hydrogen-bond acceptors (Lipinski definition) is 8. The number of rotatable bonds is 7. The van der Waals surface area contributed by atoms with Crippen LogP contribution in [0.3, 0.4) is 0 Å². The monoisotopic (exact) mass is 405 g/mol. The zero-order valence-corrected chi connectivity index (χ0v) is 16.5. The Kier molecular flexibility index (Phi) is 6.05. The Balaban J connectivity index is 2.01. The molecule has 0 aliphatic carbocycles. The number of carbonyl (C=O) groups excluding carboxylic acids is 1. The van der Waals surface area contributed by atoms with Gasteiger partial charge in [-0.15, -0.1) is 11.3 Å². The van der Waals surface area contributed by atoms with Crippen LogP contribution in [0.15, 0.2) is 24.5 Å². The fraction of sp³-hybridized carbons (Fsp3) is 0.316. The summed E-state index contributed by atoms with van der Waals surface area (Å²) in [5.41, 5.74) is 1.21. The molecular weight excluding hydrogens is 385 g/mol. The maximum Gasteiger partial charge on any atom is 0.348 e. The standard InChI is InChI=1S/C19H20FN3O4S/c1-10(2)27-14-8-12(20)4-5-13(14)23-17-15-11(3)16(19(25)26-7-6-24)28-18(15)22-9-21-17/h4-5,8-10,24H,6-7H2,1-3H3,(H,21,22,23). The molecule has 0 fully saturated rings. The molecule has 28 heavy (non-hydrogen) atoms. The highest BCUT2D eigenvalue weighted by atomic mass is 32.1. The molecule has 0 bridgehead atoms. The van der Waals surface area contributed by atoms with Crippen molar-refractivity contribution in [3.05, 3.63) is 40.8 Å². The number of nitrogens with one attached hydrogen (secondary N) is 1. The van der Waals surface area contributed by atoms with E-state index in [1.807, 2.05) is 13.8 Å². The Morgan fingerprint density at radius 1 is 1.36 bits per heavy atom. The smallest absolute Gasteiger partial charge is 0.348 e. The normalized spacial score (nSPS) is 11.1. The van der Waals surface area contributed by atoms with Gasteiger partial charge < -0.3 is 19.9 Å². The van der Waals surface area contributed by atoms with Crippen LogP contribution in [-0.4, -0.2) is 40.4 Å². The Labute approximate surface area is 165 Å². The van der Waals surface area contributed by atoms with E-state index in [1.54, 1.807) is 13.0 Å². The van der Waals surface area contributed by atoms with Gasteiger partial charge in [-0.25, -0.2) is 19.2 Å². The SMILES string of the molecule is Cc1c(C(=O)OCCO)sc2ncnc(Nc3ccc(F)cc3OC(C)C)c12. The van der Waals surface area contributed by atoms with Crippen molar-refractivity contribution in [3.63, 3.8) is 0 Å². The molecule has 0 aliphatic heterocycles. The number of anilines is 2. The van der Waals surface area contributed by atoms with Crippen molar-refractivity contribution in [1.82, 2.24) is 9.97 Å². The molecule has 0 radical (unpaired) electrons. The van der Waals surface area contributed by atoms with E-state index in [1.165, 1.54) is 29.8 Å². The number of aromatic nitrogens is 2. The summed E-state index contributed by atoms with van der Waals surface area (Å²) >= 11 is 1.19. The summed E-state index contributed by atoms with van der Waals surface area (Å²) in [5, 5.41) is 12.7. The summed E-state index contributed by atoms with van der Waals surface area (Å²) in [6.07, 6.45) is 1.25. The summed E-state index contributed by atoms with van der Waals surface area (Å²) in [4.78, 5) is 21.7. The molecule has 2 heterocycles. The molecule has 0 amide bonds. The molecule has 3 aromatic rings. The van der Waals surface area contributed by atoms with E-state index < -0.39 is 11.8 Å². The van der Waals surface area contributed by atoms with E-state index >= 15 is 0 Å².